The highest BCUT2D eigenvalue weighted by atomic mass is 35.5. The molecule has 28 heavy (non-hydrogen) atoms. The number of aromatic amines is 1. The average molecular weight is 410 g/mol. The van der Waals surface area contributed by atoms with Crippen molar-refractivity contribution in [1.82, 2.24) is 20.2 Å². The van der Waals surface area contributed by atoms with Gasteiger partial charge in [0.15, 0.2) is 5.82 Å². The standard InChI is InChI=1S/C19H16ClN7S/c20-12-5-3-11(4-6-12)14-9-28-19-16(14)18(24-10-25-19)23-7-1-2-15-13(8-21)17(22)27-26-15/h3-6,9-10H,1-2,7H2,(H3,22,26,27)(H,23,24,25). The Labute approximate surface area is 170 Å². The maximum absolute atomic E-state index is 9.14. The summed E-state index contributed by atoms with van der Waals surface area (Å²) in [4.78, 5) is 9.74. The molecule has 0 aliphatic heterocycles. The summed E-state index contributed by atoms with van der Waals surface area (Å²) in [6, 6.07) is 9.82. The molecule has 0 amide bonds. The van der Waals surface area contributed by atoms with E-state index in [1.165, 1.54) is 0 Å². The summed E-state index contributed by atoms with van der Waals surface area (Å²) in [7, 11) is 0. The summed E-state index contributed by atoms with van der Waals surface area (Å²) < 4.78 is 0. The van der Waals surface area contributed by atoms with Crippen molar-refractivity contribution in [3.63, 3.8) is 0 Å². The minimum atomic E-state index is 0.244. The summed E-state index contributed by atoms with van der Waals surface area (Å²) >= 11 is 7.59. The Hall–Kier alpha value is -3.15. The molecule has 140 valence electrons. The minimum Gasteiger partial charge on any atom is -0.381 e. The first-order valence-corrected chi connectivity index (χ1v) is 9.88. The van der Waals surface area contributed by atoms with Crippen LogP contribution in [-0.4, -0.2) is 26.7 Å². The van der Waals surface area contributed by atoms with Gasteiger partial charge < -0.3 is 11.1 Å². The lowest BCUT2D eigenvalue weighted by molar-refractivity contribution is 0.823. The molecule has 0 bridgehead atoms. The number of halogens is 1. The number of nitrogens with zero attached hydrogens (tertiary/aromatic N) is 4. The number of nitrogen functional groups attached to an aromatic ring is 1. The van der Waals surface area contributed by atoms with Crippen LogP contribution in [0.15, 0.2) is 36.0 Å². The maximum atomic E-state index is 9.14. The lowest BCUT2D eigenvalue weighted by Crippen LogP contribution is -2.06. The number of fused-ring (bicyclic) bond motifs is 1. The Morgan fingerprint density at radius 2 is 2.07 bits per heavy atom. The monoisotopic (exact) mass is 409 g/mol. The van der Waals surface area contributed by atoms with Crippen molar-refractivity contribution in [2.24, 2.45) is 0 Å². The van der Waals surface area contributed by atoms with Gasteiger partial charge in [0.2, 0.25) is 0 Å². The summed E-state index contributed by atoms with van der Waals surface area (Å²) in [5.74, 6) is 1.04. The molecule has 0 aliphatic rings. The van der Waals surface area contributed by atoms with E-state index in [2.05, 4.69) is 36.9 Å². The molecular formula is C19H16ClN7S. The van der Waals surface area contributed by atoms with Gasteiger partial charge in [-0.1, -0.05) is 23.7 Å². The molecule has 7 nitrogen and oxygen atoms in total. The number of thiophene rings is 1. The largest absolute Gasteiger partial charge is 0.381 e. The van der Waals surface area contributed by atoms with Crippen LogP contribution in [0.2, 0.25) is 5.02 Å². The van der Waals surface area contributed by atoms with E-state index in [9.17, 15) is 0 Å². The first-order valence-electron chi connectivity index (χ1n) is 8.62. The van der Waals surface area contributed by atoms with Gasteiger partial charge >= 0.3 is 0 Å². The molecule has 9 heteroatoms. The number of nitrogens with one attached hydrogen (secondary N) is 2. The van der Waals surface area contributed by atoms with Gasteiger partial charge in [-0.3, -0.25) is 5.10 Å². The molecular weight excluding hydrogens is 394 g/mol. The molecule has 4 N–H and O–H groups in total. The lowest BCUT2D eigenvalue weighted by atomic mass is 10.1. The van der Waals surface area contributed by atoms with E-state index >= 15 is 0 Å². The fraction of sp³-hybridized carbons (Fsp3) is 0.158. The minimum absolute atomic E-state index is 0.244. The first-order chi connectivity index (χ1) is 13.7. The molecule has 0 aliphatic carbocycles. The van der Waals surface area contributed by atoms with Gasteiger partial charge in [-0.2, -0.15) is 10.4 Å². The number of anilines is 2. The highest BCUT2D eigenvalue weighted by Gasteiger charge is 2.13. The fourth-order valence-corrected chi connectivity index (χ4v) is 4.06. The second-order valence-electron chi connectivity index (χ2n) is 6.16. The molecule has 3 aromatic heterocycles. The Bertz CT molecular complexity index is 1160. The Morgan fingerprint density at radius 3 is 2.86 bits per heavy atom. The molecule has 0 unspecified atom stereocenters. The van der Waals surface area contributed by atoms with Crippen LogP contribution < -0.4 is 11.1 Å². The van der Waals surface area contributed by atoms with Gasteiger partial charge in [0, 0.05) is 22.5 Å². The molecule has 0 saturated heterocycles. The summed E-state index contributed by atoms with van der Waals surface area (Å²) in [6.45, 7) is 0.686. The molecule has 4 aromatic rings. The molecule has 0 radical (unpaired) electrons. The number of rotatable bonds is 6. The molecule has 4 rings (SSSR count). The van der Waals surface area contributed by atoms with Crippen LogP contribution in [0.1, 0.15) is 17.7 Å². The SMILES string of the molecule is N#Cc1c(N)n[nH]c1CCCNc1ncnc2scc(-c3ccc(Cl)cc3)c12. The van der Waals surface area contributed by atoms with E-state index in [-0.39, 0.29) is 5.82 Å². The van der Waals surface area contributed by atoms with E-state index in [4.69, 9.17) is 22.6 Å². The van der Waals surface area contributed by atoms with Gasteiger partial charge in [0.25, 0.3) is 0 Å². The highest BCUT2D eigenvalue weighted by Crippen LogP contribution is 2.36. The predicted molar refractivity (Wildman–Crippen MR) is 112 cm³/mol. The van der Waals surface area contributed by atoms with Gasteiger partial charge in [-0.05, 0) is 30.5 Å². The van der Waals surface area contributed by atoms with Crippen molar-refractivity contribution in [3.05, 3.63) is 52.3 Å². The van der Waals surface area contributed by atoms with E-state index in [1.807, 2.05) is 24.3 Å². The number of hydrogen-bond donors (Lipinski definition) is 3. The van der Waals surface area contributed by atoms with E-state index in [1.54, 1.807) is 17.7 Å². The van der Waals surface area contributed by atoms with E-state index in [0.717, 1.165) is 39.3 Å². The van der Waals surface area contributed by atoms with Crippen LogP contribution >= 0.6 is 22.9 Å². The van der Waals surface area contributed by atoms with Crippen molar-refractivity contribution in [3.8, 4) is 17.2 Å². The fourth-order valence-electron chi connectivity index (χ4n) is 3.02. The number of nitrogens with two attached hydrogens (primary N) is 1. The second-order valence-corrected chi connectivity index (χ2v) is 7.46. The number of nitriles is 1. The third-order valence-corrected chi connectivity index (χ3v) is 5.54. The topological polar surface area (TPSA) is 116 Å². The van der Waals surface area contributed by atoms with E-state index < -0.39 is 0 Å². The Morgan fingerprint density at radius 1 is 1.25 bits per heavy atom. The highest BCUT2D eigenvalue weighted by molar-refractivity contribution is 7.17. The summed E-state index contributed by atoms with van der Waals surface area (Å²) in [6.07, 6.45) is 3.03. The van der Waals surface area contributed by atoms with Crippen molar-refractivity contribution in [2.75, 3.05) is 17.6 Å². The summed E-state index contributed by atoms with van der Waals surface area (Å²) in [5.41, 5.74) is 9.00. The number of aromatic nitrogens is 4. The number of aryl methyl sites for hydroxylation is 1. The molecule has 0 saturated carbocycles. The van der Waals surface area contributed by atoms with Crippen LogP contribution in [0.3, 0.4) is 0 Å². The lowest BCUT2D eigenvalue weighted by Gasteiger charge is -2.08. The zero-order valence-electron chi connectivity index (χ0n) is 14.7. The predicted octanol–water partition coefficient (Wildman–Crippen LogP) is 4.23. The molecule has 0 atom stereocenters. The third-order valence-electron chi connectivity index (χ3n) is 4.40. The maximum Gasteiger partial charge on any atom is 0.163 e. The Kier molecular flexibility index (Phi) is 5.10. The van der Waals surface area contributed by atoms with E-state index in [0.29, 0.717) is 23.6 Å². The Balaban J connectivity index is 1.52. The zero-order valence-corrected chi connectivity index (χ0v) is 16.3. The average Bonchev–Trinajstić information content (AvgIpc) is 3.29. The van der Waals surface area contributed by atoms with Crippen molar-refractivity contribution in [1.29, 1.82) is 5.26 Å². The second kappa shape index (κ2) is 7.84. The molecule has 0 fully saturated rings. The number of hydrogen-bond acceptors (Lipinski definition) is 7. The van der Waals surface area contributed by atoms with Gasteiger partial charge in [0.05, 0.1) is 11.1 Å². The van der Waals surface area contributed by atoms with Gasteiger partial charge in [-0.15, -0.1) is 11.3 Å². The van der Waals surface area contributed by atoms with Crippen LogP contribution in [0.4, 0.5) is 11.6 Å². The summed E-state index contributed by atoms with van der Waals surface area (Å²) in [5, 5.41) is 23.0. The third kappa shape index (κ3) is 3.50. The normalized spacial score (nSPS) is 10.9. The molecule has 0 spiro atoms. The van der Waals surface area contributed by atoms with Crippen molar-refractivity contribution >= 4 is 44.8 Å². The molecule has 1 aromatic carbocycles. The first kappa shape index (κ1) is 18.2. The number of benzene rings is 1. The number of H-pyrrole nitrogens is 1. The molecule has 3 heterocycles. The van der Waals surface area contributed by atoms with Crippen LogP contribution in [-0.2, 0) is 6.42 Å². The smallest absolute Gasteiger partial charge is 0.163 e. The van der Waals surface area contributed by atoms with Crippen LogP contribution in [0.5, 0.6) is 0 Å². The quantitative estimate of drug-likeness (QED) is 0.410. The zero-order chi connectivity index (χ0) is 19.5. The van der Waals surface area contributed by atoms with Crippen LogP contribution in [0.25, 0.3) is 21.3 Å². The van der Waals surface area contributed by atoms with Gasteiger partial charge in [0.1, 0.15) is 28.6 Å². The van der Waals surface area contributed by atoms with Crippen molar-refractivity contribution in [2.45, 2.75) is 12.8 Å². The van der Waals surface area contributed by atoms with Crippen LogP contribution in [0, 0.1) is 11.3 Å². The van der Waals surface area contributed by atoms with Gasteiger partial charge in [-0.25, -0.2) is 9.97 Å². The van der Waals surface area contributed by atoms with Crippen molar-refractivity contribution < 1.29 is 0 Å².